The van der Waals surface area contributed by atoms with Crippen molar-refractivity contribution in [3.8, 4) is 5.75 Å². The van der Waals surface area contributed by atoms with Crippen LogP contribution in [0.5, 0.6) is 5.75 Å². The van der Waals surface area contributed by atoms with Crippen molar-refractivity contribution in [3.63, 3.8) is 0 Å². The largest absolute Gasteiger partial charge is 0.474 e. The molecule has 0 radical (unpaired) electrons. The predicted molar refractivity (Wildman–Crippen MR) is 73.6 cm³/mol. The van der Waals surface area contributed by atoms with Gasteiger partial charge in [0.15, 0.2) is 0 Å². The van der Waals surface area contributed by atoms with Crippen LogP contribution in [0.1, 0.15) is 40.2 Å². The minimum absolute atomic E-state index is 0.369. The second-order valence-corrected chi connectivity index (χ2v) is 7.60. The van der Waals surface area contributed by atoms with Crippen molar-refractivity contribution < 1.29 is 4.52 Å². The van der Waals surface area contributed by atoms with E-state index in [0.717, 1.165) is 12.2 Å². The molecule has 0 aliphatic heterocycles. The minimum Gasteiger partial charge on any atom is -0.474 e. The Kier molecular flexibility index (Phi) is 5.28. The maximum absolute atomic E-state index is 6.10. The van der Waals surface area contributed by atoms with Gasteiger partial charge >= 0.3 is 0 Å². The minimum atomic E-state index is -0.369. The van der Waals surface area contributed by atoms with Crippen molar-refractivity contribution in [2.24, 2.45) is 0 Å². The molecule has 0 unspecified atom stereocenters. The van der Waals surface area contributed by atoms with Crippen LogP contribution in [0.2, 0.25) is 0 Å². The zero-order valence-electron chi connectivity index (χ0n) is 11.0. The first kappa shape index (κ1) is 13.5. The van der Waals surface area contributed by atoms with E-state index in [0.29, 0.717) is 11.3 Å². The molecular formula is C14H23OP. The van der Waals surface area contributed by atoms with Gasteiger partial charge in [-0.15, -0.1) is 0 Å². The molecule has 16 heavy (non-hydrogen) atoms. The Bertz CT molecular complexity index is 295. The van der Waals surface area contributed by atoms with E-state index < -0.39 is 0 Å². The summed E-state index contributed by atoms with van der Waals surface area (Å²) in [5.41, 5.74) is 2.59. The van der Waals surface area contributed by atoms with Gasteiger partial charge in [-0.1, -0.05) is 46.8 Å². The monoisotopic (exact) mass is 238 g/mol. The van der Waals surface area contributed by atoms with Crippen LogP contribution < -0.4 is 4.52 Å². The van der Waals surface area contributed by atoms with Crippen LogP contribution in [-0.4, -0.2) is 11.3 Å². The lowest BCUT2D eigenvalue weighted by Gasteiger charge is -2.25. The van der Waals surface area contributed by atoms with Crippen molar-refractivity contribution >= 4 is 8.15 Å². The molecule has 0 aliphatic rings. The summed E-state index contributed by atoms with van der Waals surface area (Å²) in [6.45, 7) is 11.1. The average Bonchev–Trinajstić information content (AvgIpc) is 2.25. The fraction of sp³-hybridized carbons (Fsp3) is 0.571. The second-order valence-electron chi connectivity index (χ2n) is 4.64. The topological polar surface area (TPSA) is 9.23 Å². The van der Waals surface area contributed by atoms with Crippen molar-refractivity contribution in [1.29, 1.82) is 0 Å². The van der Waals surface area contributed by atoms with Gasteiger partial charge in [0.25, 0.3) is 0 Å². The number of rotatable bonds is 5. The van der Waals surface area contributed by atoms with Crippen LogP contribution in [0.25, 0.3) is 0 Å². The molecule has 0 atom stereocenters. The second kappa shape index (κ2) is 6.25. The molecule has 1 aromatic carbocycles. The van der Waals surface area contributed by atoms with Gasteiger partial charge in [-0.3, -0.25) is 0 Å². The Balaban J connectivity index is 2.70. The summed E-state index contributed by atoms with van der Waals surface area (Å²) in [6.07, 6.45) is 1.09. The van der Waals surface area contributed by atoms with Gasteiger partial charge in [-0.05, 0) is 24.1 Å². The highest BCUT2D eigenvalue weighted by Gasteiger charge is 2.19. The highest BCUT2D eigenvalue weighted by atomic mass is 31.1. The van der Waals surface area contributed by atoms with Gasteiger partial charge in [0.2, 0.25) is 0 Å². The Morgan fingerprint density at radius 1 is 1.00 bits per heavy atom. The van der Waals surface area contributed by atoms with E-state index in [9.17, 15) is 0 Å². The summed E-state index contributed by atoms with van der Waals surface area (Å²) >= 11 is 0. The van der Waals surface area contributed by atoms with Gasteiger partial charge in [0, 0.05) is 11.3 Å². The first-order chi connectivity index (χ1) is 7.54. The summed E-state index contributed by atoms with van der Waals surface area (Å²) in [5.74, 6) is 1.02. The maximum Gasteiger partial charge on any atom is 0.123 e. The first-order valence-electron chi connectivity index (χ1n) is 6.09. The summed E-state index contributed by atoms with van der Waals surface area (Å²) in [4.78, 5) is 0. The predicted octanol–water partition coefficient (Wildman–Crippen LogP) is 4.84. The zero-order chi connectivity index (χ0) is 12.1. The number of aryl methyl sites for hydroxylation is 1. The van der Waals surface area contributed by atoms with E-state index in [4.69, 9.17) is 4.52 Å². The van der Waals surface area contributed by atoms with Gasteiger partial charge in [-0.25, -0.2) is 0 Å². The Labute approximate surface area is 101 Å². The van der Waals surface area contributed by atoms with E-state index >= 15 is 0 Å². The van der Waals surface area contributed by atoms with Gasteiger partial charge in [0.05, 0.1) is 8.15 Å². The van der Waals surface area contributed by atoms with Crippen LogP contribution in [0.3, 0.4) is 0 Å². The highest BCUT2D eigenvalue weighted by Crippen LogP contribution is 2.47. The quantitative estimate of drug-likeness (QED) is 0.667. The molecule has 1 aromatic rings. The summed E-state index contributed by atoms with van der Waals surface area (Å²) in [7, 11) is -0.369. The molecule has 0 amide bonds. The average molecular weight is 238 g/mol. The van der Waals surface area contributed by atoms with E-state index in [1.807, 2.05) is 0 Å². The molecular weight excluding hydrogens is 215 g/mol. The standard InChI is InChI=1S/C14H23OP/c1-6-13-7-9-14(10-8-13)15-16(11(2)3)12(4)5/h7-12H,6H2,1-5H3. The molecule has 0 fully saturated rings. The first-order valence-corrected chi connectivity index (χ1v) is 7.49. The van der Waals surface area contributed by atoms with E-state index in [1.54, 1.807) is 0 Å². The number of benzene rings is 1. The summed E-state index contributed by atoms with van der Waals surface area (Å²) < 4.78 is 6.10. The molecule has 0 bridgehead atoms. The molecule has 2 heteroatoms. The Morgan fingerprint density at radius 3 is 1.88 bits per heavy atom. The fourth-order valence-corrected chi connectivity index (χ4v) is 3.69. The number of hydrogen-bond acceptors (Lipinski definition) is 1. The van der Waals surface area contributed by atoms with Crippen LogP contribution in [0.4, 0.5) is 0 Å². The molecule has 0 heterocycles. The third-order valence-corrected chi connectivity index (χ3v) is 5.02. The third-order valence-electron chi connectivity index (χ3n) is 2.56. The molecule has 0 spiro atoms. The molecule has 1 rings (SSSR count). The van der Waals surface area contributed by atoms with Gasteiger partial charge in [-0.2, -0.15) is 0 Å². The Hall–Kier alpha value is -0.550. The number of hydrogen-bond donors (Lipinski definition) is 0. The zero-order valence-corrected chi connectivity index (χ0v) is 11.9. The normalized spacial score (nSPS) is 11.5. The van der Waals surface area contributed by atoms with Crippen LogP contribution in [-0.2, 0) is 6.42 Å². The lowest BCUT2D eigenvalue weighted by molar-refractivity contribution is 0.592. The van der Waals surface area contributed by atoms with Gasteiger partial charge in [0.1, 0.15) is 5.75 Å². The highest BCUT2D eigenvalue weighted by molar-refractivity contribution is 7.54. The van der Waals surface area contributed by atoms with Crippen molar-refractivity contribution in [3.05, 3.63) is 29.8 Å². The summed E-state index contributed by atoms with van der Waals surface area (Å²) in [5, 5.41) is 0. The third kappa shape index (κ3) is 3.79. The molecule has 0 saturated heterocycles. The van der Waals surface area contributed by atoms with E-state index in [-0.39, 0.29) is 8.15 Å². The summed E-state index contributed by atoms with van der Waals surface area (Å²) in [6, 6.07) is 8.50. The van der Waals surface area contributed by atoms with Crippen LogP contribution in [0.15, 0.2) is 24.3 Å². The van der Waals surface area contributed by atoms with Gasteiger partial charge < -0.3 is 4.52 Å². The fourth-order valence-electron chi connectivity index (χ4n) is 1.71. The maximum atomic E-state index is 6.10. The van der Waals surface area contributed by atoms with Crippen molar-refractivity contribution in [2.45, 2.75) is 52.4 Å². The van der Waals surface area contributed by atoms with Crippen molar-refractivity contribution in [2.75, 3.05) is 0 Å². The molecule has 90 valence electrons. The van der Waals surface area contributed by atoms with Crippen LogP contribution >= 0.6 is 8.15 Å². The van der Waals surface area contributed by atoms with E-state index in [1.165, 1.54) is 5.56 Å². The van der Waals surface area contributed by atoms with Crippen LogP contribution in [0, 0.1) is 0 Å². The van der Waals surface area contributed by atoms with E-state index in [2.05, 4.69) is 58.9 Å². The molecule has 1 nitrogen and oxygen atoms in total. The smallest absolute Gasteiger partial charge is 0.123 e. The lowest BCUT2D eigenvalue weighted by Crippen LogP contribution is -2.08. The molecule has 0 saturated carbocycles. The Morgan fingerprint density at radius 2 is 1.50 bits per heavy atom. The molecule has 0 aromatic heterocycles. The lowest BCUT2D eigenvalue weighted by atomic mass is 10.2. The SMILES string of the molecule is CCc1ccc(OP(C(C)C)C(C)C)cc1. The molecule has 0 aliphatic carbocycles. The molecule has 0 N–H and O–H groups in total. The van der Waals surface area contributed by atoms with Crippen molar-refractivity contribution in [1.82, 2.24) is 0 Å².